The van der Waals surface area contributed by atoms with E-state index in [1.165, 1.54) is 0 Å². The standard InChI is InChI=1S/C12H24ClNO/c1-6-12(4,5)11(15)14(10(2)3)9-7-8-13/h10H,6-9H2,1-5H3. The molecule has 0 aliphatic rings. The normalized spacial score (nSPS) is 11.9. The van der Waals surface area contributed by atoms with Crippen LogP contribution in [-0.4, -0.2) is 29.3 Å². The summed E-state index contributed by atoms with van der Waals surface area (Å²) in [5, 5.41) is 0. The first-order valence-electron chi connectivity index (χ1n) is 5.73. The molecule has 15 heavy (non-hydrogen) atoms. The summed E-state index contributed by atoms with van der Waals surface area (Å²) in [5.41, 5.74) is -0.253. The van der Waals surface area contributed by atoms with Crippen LogP contribution in [0.5, 0.6) is 0 Å². The van der Waals surface area contributed by atoms with Gasteiger partial charge in [0.2, 0.25) is 5.91 Å². The van der Waals surface area contributed by atoms with Gasteiger partial charge in [-0.25, -0.2) is 0 Å². The fraction of sp³-hybridized carbons (Fsp3) is 0.917. The molecule has 0 atom stereocenters. The first kappa shape index (κ1) is 14.8. The first-order chi connectivity index (χ1) is 6.86. The largest absolute Gasteiger partial charge is 0.340 e. The van der Waals surface area contributed by atoms with Gasteiger partial charge in [0.05, 0.1) is 0 Å². The van der Waals surface area contributed by atoms with Crippen LogP contribution in [0.25, 0.3) is 0 Å². The Morgan fingerprint density at radius 1 is 1.40 bits per heavy atom. The molecule has 0 aromatic rings. The van der Waals surface area contributed by atoms with Gasteiger partial charge in [-0.15, -0.1) is 11.6 Å². The van der Waals surface area contributed by atoms with Crippen molar-refractivity contribution in [2.75, 3.05) is 12.4 Å². The van der Waals surface area contributed by atoms with Crippen LogP contribution in [0.4, 0.5) is 0 Å². The van der Waals surface area contributed by atoms with E-state index in [0.29, 0.717) is 5.88 Å². The van der Waals surface area contributed by atoms with E-state index < -0.39 is 0 Å². The van der Waals surface area contributed by atoms with E-state index in [0.717, 1.165) is 19.4 Å². The predicted octanol–water partition coefficient (Wildman–Crippen LogP) is 3.29. The maximum Gasteiger partial charge on any atom is 0.228 e. The van der Waals surface area contributed by atoms with Crippen molar-refractivity contribution < 1.29 is 4.79 Å². The molecule has 0 N–H and O–H groups in total. The van der Waals surface area contributed by atoms with Crippen LogP contribution in [-0.2, 0) is 4.79 Å². The maximum atomic E-state index is 12.2. The molecule has 1 amide bonds. The minimum absolute atomic E-state index is 0.241. The summed E-state index contributed by atoms with van der Waals surface area (Å²) >= 11 is 5.67. The molecule has 0 fully saturated rings. The maximum absolute atomic E-state index is 12.2. The van der Waals surface area contributed by atoms with E-state index in [-0.39, 0.29) is 17.4 Å². The van der Waals surface area contributed by atoms with Crippen LogP contribution in [0.1, 0.15) is 47.5 Å². The molecule has 0 aliphatic heterocycles. The van der Waals surface area contributed by atoms with Crippen molar-refractivity contribution in [1.29, 1.82) is 0 Å². The van der Waals surface area contributed by atoms with Gasteiger partial charge in [0.25, 0.3) is 0 Å². The van der Waals surface area contributed by atoms with E-state index in [4.69, 9.17) is 11.6 Å². The van der Waals surface area contributed by atoms with E-state index in [2.05, 4.69) is 20.8 Å². The highest BCUT2D eigenvalue weighted by atomic mass is 35.5. The second-order valence-electron chi connectivity index (χ2n) is 4.87. The van der Waals surface area contributed by atoms with Gasteiger partial charge in [-0.1, -0.05) is 20.8 Å². The van der Waals surface area contributed by atoms with Gasteiger partial charge in [0.15, 0.2) is 0 Å². The van der Waals surface area contributed by atoms with Crippen LogP contribution in [0, 0.1) is 5.41 Å². The van der Waals surface area contributed by atoms with Gasteiger partial charge >= 0.3 is 0 Å². The van der Waals surface area contributed by atoms with Crippen molar-refractivity contribution in [3.05, 3.63) is 0 Å². The van der Waals surface area contributed by atoms with Crippen molar-refractivity contribution in [3.8, 4) is 0 Å². The van der Waals surface area contributed by atoms with Gasteiger partial charge in [0.1, 0.15) is 0 Å². The lowest BCUT2D eigenvalue weighted by atomic mass is 9.88. The first-order valence-corrected chi connectivity index (χ1v) is 6.27. The summed E-state index contributed by atoms with van der Waals surface area (Å²) in [4.78, 5) is 14.2. The summed E-state index contributed by atoms with van der Waals surface area (Å²) < 4.78 is 0. The molecule has 0 heterocycles. The fourth-order valence-corrected chi connectivity index (χ4v) is 1.48. The Bertz CT molecular complexity index is 202. The highest BCUT2D eigenvalue weighted by molar-refractivity contribution is 6.17. The van der Waals surface area contributed by atoms with Crippen molar-refractivity contribution in [2.24, 2.45) is 5.41 Å². The average molecular weight is 234 g/mol. The second-order valence-corrected chi connectivity index (χ2v) is 5.25. The molecule has 0 aromatic heterocycles. The van der Waals surface area contributed by atoms with Gasteiger partial charge in [-0.2, -0.15) is 0 Å². The summed E-state index contributed by atoms with van der Waals surface area (Å²) in [7, 11) is 0. The fourth-order valence-electron chi connectivity index (χ4n) is 1.36. The predicted molar refractivity (Wildman–Crippen MR) is 66.3 cm³/mol. The third-order valence-electron chi connectivity index (χ3n) is 2.88. The molecule has 0 aliphatic carbocycles. The monoisotopic (exact) mass is 233 g/mol. The van der Waals surface area contributed by atoms with Crippen LogP contribution in [0.3, 0.4) is 0 Å². The van der Waals surface area contributed by atoms with E-state index in [1.807, 2.05) is 18.7 Å². The molecule has 0 radical (unpaired) electrons. The van der Waals surface area contributed by atoms with E-state index >= 15 is 0 Å². The Balaban J connectivity index is 4.55. The molecule has 0 saturated carbocycles. The Labute approximate surface area is 99.0 Å². The van der Waals surface area contributed by atoms with Crippen LogP contribution < -0.4 is 0 Å². The zero-order valence-corrected chi connectivity index (χ0v) is 11.4. The van der Waals surface area contributed by atoms with Gasteiger partial charge in [-0.3, -0.25) is 4.79 Å². The molecule has 0 saturated heterocycles. The Morgan fingerprint density at radius 3 is 2.27 bits per heavy atom. The number of carbonyl (C=O) groups excluding carboxylic acids is 1. The van der Waals surface area contributed by atoms with Gasteiger partial charge in [0, 0.05) is 23.9 Å². The zero-order chi connectivity index (χ0) is 12.1. The summed E-state index contributed by atoms with van der Waals surface area (Å²) in [6.45, 7) is 10.9. The molecule has 2 nitrogen and oxygen atoms in total. The Hall–Kier alpha value is -0.240. The number of amides is 1. The van der Waals surface area contributed by atoms with E-state index in [1.54, 1.807) is 0 Å². The highest BCUT2D eigenvalue weighted by Gasteiger charge is 2.31. The quantitative estimate of drug-likeness (QED) is 0.645. The lowest BCUT2D eigenvalue weighted by molar-refractivity contribution is -0.142. The smallest absolute Gasteiger partial charge is 0.228 e. The van der Waals surface area contributed by atoms with Crippen LogP contribution >= 0.6 is 11.6 Å². The molecule has 0 spiro atoms. The third kappa shape index (κ3) is 4.42. The number of alkyl halides is 1. The third-order valence-corrected chi connectivity index (χ3v) is 3.15. The minimum Gasteiger partial charge on any atom is -0.340 e. The van der Waals surface area contributed by atoms with E-state index in [9.17, 15) is 4.79 Å². The molecular formula is C12H24ClNO. The Kier molecular flexibility index (Phi) is 6.26. The number of halogens is 1. The average Bonchev–Trinajstić information content (AvgIpc) is 2.17. The summed E-state index contributed by atoms with van der Waals surface area (Å²) in [5.74, 6) is 0.855. The second kappa shape index (κ2) is 6.37. The molecule has 0 aromatic carbocycles. The molecule has 0 bridgehead atoms. The number of rotatable bonds is 6. The Morgan fingerprint density at radius 2 is 1.93 bits per heavy atom. The van der Waals surface area contributed by atoms with Crippen molar-refractivity contribution in [1.82, 2.24) is 4.90 Å². The van der Waals surface area contributed by atoms with Gasteiger partial charge < -0.3 is 4.90 Å². The number of hydrogen-bond acceptors (Lipinski definition) is 1. The van der Waals surface area contributed by atoms with Crippen molar-refractivity contribution >= 4 is 17.5 Å². The van der Waals surface area contributed by atoms with Crippen molar-refractivity contribution in [3.63, 3.8) is 0 Å². The van der Waals surface area contributed by atoms with Gasteiger partial charge in [-0.05, 0) is 26.7 Å². The molecular weight excluding hydrogens is 210 g/mol. The van der Waals surface area contributed by atoms with Crippen LogP contribution in [0.15, 0.2) is 0 Å². The van der Waals surface area contributed by atoms with Crippen molar-refractivity contribution in [2.45, 2.75) is 53.5 Å². The molecule has 90 valence electrons. The van der Waals surface area contributed by atoms with Crippen LogP contribution in [0.2, 0.25) is 0 Å². The summed E-state index contributed by atoms with van der Waals surface area (Å²) in [6.07, 6.45) is 1.74. The summed E-state index contributed by atoms with van der Waals surface area (Å²) in [6, 6.07) is 0.256. The lowest BCUT2D eigenvalue weighted by Crippen LogP contribution is -2.45. The minimum atomic E-state index is -0.253. The molecule has 0 rings (SSSR count). The topological polar surface area (TPSA) is 20.3 Å². The lowest BCUT2D eigenvalue weighted by Gasteiger charge is -2.34. The highest BCUT2D eigenvalue weighted by Crippen LogP contribution is 2.24. The molecule has 0 unspecified atom stereocenters. The SMILES string of the molecule is CCC(C)(C)C(=O)N(CCCCl)C(C)C. The molecule has 3 heteroatoms. The number of hydrogen-bond donors (Lipinski definition) is 0. The number of carbonyl (C=O) groups is 1. The number of nitrogens with zero attached hydrogens (tertiary/aromatic N) is 1. The zero-order valence-electron chi connectivity index (χ0n) is 10.6.